The molecule has 1 atom stereocenters. The largest absolute Gasteiger partial charge is 0.454 e. The molecule has 2 heterocycles. The Morgan fingerprint density at radius 1 is 1.27 bits per heavy atom. The third kappa shape index (κ3) is 1.62. The van der Waals surface area contributed by atoms with E-state index in [1.807, 2.05) is 6.07 Å². The first-order chi connectivity index (χ1) is 7.34. The molecule has 0 saturated carbocycles. The molecule has 1 saturated heterocycles. The van der Waals surface area contributed by atoms with Gasteiger partial charge in [-0.3, -0.25) is 0 Å². The third-order valence-electron chi connectivity index (χ3n) is 2.93. The van der Waals surface area contributed by atoms with E-state index in [2.05, 4.69) is 27.3 Å². The predicted octanol–water partition coefficient (Wildman–Crippen LogP) is 2.60. The van der Waals surface area contributed by atoms with Crippen LogP contribution in [0.25, 0.3) is 0 Å². The van der Waals surface area contributed by atoms with Crippen molar-refractivity contribution in [1.82, 2.24) is 5.32 Å². The molecule has 0 aliphatic carbocycles. The highest BCUT2D eigenvalue weighted by Gasteiger charge is 2.23. The highest BCUT2D eigenvalue weighted by atomic mass is 79.9. The molecule has 1 fully saturated rings. The summed E-state index contributed by atoms with van der Waals surface area (Å²) in [6, 6.07) is 4.53. The van der Waals surface area contributed by atoms with Gasteiger partial charge in [0.1, 0.15) is 0 Å². The Labute approximate surface area is 96.9 Å². The number of hydrogen-bond acceptors (Lipinski definition) is 3. The highest BCUT2D eigenvalue weighted by molar-refractivity contribution is 9.10. The van der Waals surface area contributed by atoms with Gasteiger partial charge in [0.2, 0.25) is 6.79 Å². The van der Waals surface area contributed by atoms with Crippen LogP contribution in [0.1, 0.15) is 24.4 Å². The number of fused-ring (bicyclic) bond motifs is 1. The average Bonchev–Trinajstić information content (AvgIpc) is 2.85. The molecule has 0 unspecified atom stereocenters. The normalized spacial score (nSPS) is 23.4. The van der Waals surface area contributed by atoms with Gasteiger partial charge >= 0.3 is 0 Å². The lowest BCUT2D eigenvalue weighted by Gasteiger charge is -2.13. The number of benzene rings is 1. The number of hydrogen-bond donors (Lipinski definition) is 1. The third-order valence-corrected chi connectivity index (χ3v) is 3.61. The first kappa shape index (κ1) is 9.48. The fourth-order valence-corrected chi connectivity index (χ4v) is 2.75. The van der Waals surface area contributed by atoms with E-state index in [1.54, 1.807) is 0 Å². The Kier molecular flexibility index (Phi) is 2.33. The van der Waals surface area contributed by atoms with Gasteiger partial charge in [-0.1, -0.05) is 15.9 Å². The van der Waals surface area contributed by atoms with E-state index in [0.29, 0.717) is 12.8 Å². The quantitative estimate of drug-likeness (QED) is 0.850. The van der Waals surface area contributed by atoms with E-state index in [1.165, 1.54) is 18.4 Å². The molecule has 1 N–H and O–H groups in total. The molecule has 0 bridgehead atoms. The lowest BCUT2D eigenvalue weighted by atomic mass is 10.0. The summed E-state index contributed by atoms with van der Waals surface area (Å²) in [5.41, 5.74) is 1.27. The molecule has 15 heavy (non-hydrogen) atoms. The SMILES string of the molecule is Brc1cc2c(cc1[C@@H]1CCCN1)OCO2. The van der Waals surface area contributed by atoms with Crippen LogP contribution < -0.4 is 14.8 Å². The molecule has 1 aromatic carbocycles. The number of halogens is 1. The van der Waals surface area contributed by atoms with Crippen molar-refractivity contribution in [3.63, 3.8) is 0 Å². The summed E-state index contributed by atoms with van der Waals surface area (Å²) in [7, 11) is 0. The maximum Gasteiger partial charge on any atom is 0.231 e. The minimum Gasteiger partial charge on any atom is -0.454 e. The van der Waals surface area contributed by atoms with Crippen molar-refractivity contribution in [3.8, 4) is 11.5 Å². The van der Waals surface area contributed by atoms with Gasteiger partial charge in [-0.15, -0.1) is 0 Å². The predicted molar refractivity (Wildman–Crippen MR) is 60.2 cm³/mol. The molecular weight excluding hydrogens is 258 g/mol. The fraction of sp³-hybridized carbons (Fsp3) is 0.455. The van der Waals surface area contributed by atoms with Crippen molar-refractivity contribution in [3.05, 3.63) is 22.2 Å². The average molecular weight is 270 g/mol. The van der Waals surface area contributed by atoms with Gasteiger partial charge in [0.05, 0.1) is 0 Å². The van der Waals surface area contributed by atoms with E-state index in [0.717, 1.165) is 22.5 Å². The second-order valence-corrected chi connectivity index (χ2v) is 4.73. The summed E-state index contributed by atoms with van der Waals surface area (Å²) in [4.78, 5) is 0. The second kappa shape index (κ2) is 3.68. The van der Waals surface area contributed by atoms with Gasteiger partial charge in [0, 0.05) is 10.5 Å². The minimum absolute atomic E-state index is 0.337. The van der Waals surface area contributed by atoms with Crippen LogP contribution in [-0.2, 0) is 0 Å². The zero-order valence-electron chi connectivity index (χ0n) is 8.25. The lowest BCUT2D eigenvalue weighted by molar-refractivity contribution is 0.174. The van der Waals surface area contributed by atoms with Gasteiger partial charge < -0.3 is 14.8 Å². The fourth-order valence-electron chi connectivity index (χ4n) is 2.15. The highest BCUT2D eigenvalue weighted by Crippen LogP contribution is 2.40. The van der Waals surface area contributed by atoms with Crippen molar-refractivity contribution >= 4 is 15.9 Å². The smallest absolute Gasteiger partial charge is 0.231 e. The van der Waals surface area contributed by atoms with Gasteiger partial charge in [-0.2, -0.15) is 0 Å². The molecule has 2 aliphatic heterocycles. The Morgan fingerprint density at radius 2 is 2.07 bits per heavy atom. The van der Waals surface area contributed by atoms with Crippen LogP contribution in [0.2, 0.25) is 0 Å². The molecule has 1 aromatic rings. The second-order valence-electron chi connectivity index (χ2n) is 3.88. The van der Waals surface area contributed by atoms with Crippen LogP contribution in [0.15, 0.2) is 16.6 Å². The topological polar surface area (TPSA) is 30.5 Å². The van der Waals surface area contributed by atoms with Crippen molar-refractivity contribution in [2.75, 3.05) is 13.3 Å². The van der Waals surface area contributed by atoms with Crippen LogP contribution >= 0.6 is 15.9 Å². The van der Waals surface area contributed by atoms with E-state index in [4.69, 9.17) is 9.47 Å². The number of ether oxygens (including phenoxy) is 2. The molecule has 3 nitrogen and oxygen atoms in total. The van der Waals surface area contributed by atoms with E-state index in [9.17, 15) is 0 Å². The maximum atomic E-state index is 5.38. The molecule has 2 aliphatic rings. The molecule has 0 amide bonds. The van der Waals surface area contributed by atoms with Crippen molar-refractivity contribution < 1.29 is 9.47 Å². The van der Waals surface area contributed by atoms with Crippen LogP contribution in [0.5, 0.6) is 11.5 Å². The first-order valence-electron chi connectivity index (χ1n) is 5.17. The van der Waals surface area contributed by atoms with Gasteiger partial charge in [-0.25, -0.2) is 0 Å². The van der Waals surface area contributed by atoms with Crippen LogP contribution in [-0.4, -0.2) is 13.3 Å². The van der Waals surface area contributed by atoms with Gasteiger partial charge in [-0.05, 0) is 37.1 Å². The van der Waals surface area contributed by atoms with Crippen LogP contribution in [0, 0.1) is 0 Å². The maximum absolute atomic E-state index is 5.38. The van der Waals surface area contributed by atoms with Crippen molar-refractivity contribution in [1.29, 1.82) is 0 Å². The van der Waals surface area contributed by atoms with Crippen molar-refractivity contribution in [2.24, 2.45) is 0 Å². The zero-order valence-corrected chi connectivity index (χ0v) is 9.84. The number of rotatable bonds is 1. The summed E-state index contributed by atoms with van der Waals surface area (Å²) in [5, 5.41) is 3.48. The molecule has 80 valence electrons. The van der Waals surface area contributed by atoms with E-state index in [-0.39, 0.29) is 0 Å². The molecule has 4 heteroatoms. The Morgan fingerprint density at radius 3 is 2.80 bits per heavy atom. The number of nitrogens with one attached hydrogen (secondary N) is 1. The standard InChI is InChI=1S/C11H12BrNO2/c12-8-5-11-10(14-6-15-11)4-7(8)9-2-1-3-13-9/h4-5,9,13H,1-3,6H2/t9-/m0/s1. The molecule has 0 spiro atoms. The summed E-state index contributed by atoms with van der Waals surface area (Å²) in [6.45, 7) is 1.44. The molecule has 3 rings (SSSR count). The van der Waals surface area contributed by atoms with Crippen molar-refractivity contribution in [2.45, 2.75) is 18.9 Å². The van der Waals surface area contributed by atoms with E-state index < -0.39 is 0 Å². The van der Waals surface area contributed by atoms with Crippen LogP contribution in [0.3, 0.4) is 0 Å². The first-order valence-corrected chi connectivity index (χ1v) is 5.96. The molecule has 0 radical (unpaired) electrons. The summed E-state index contributed by atoms with van der Waals surface area (Å²) in [6.07, 6.45) is 2.43. The Hall–Kier alpha value is -0.740. The minimum atomic E-state index is 0.337. The Bertz CT molecular complexity index is 388. The zero-order chi connectivity index (χ0) is 10.3. The molecule has 0 aromatic heterocycles. The molecular formula is C11H12BrNO2. The van der Waals surface area contributed by atoms with Gasteiger partial charge in [0.25, 0.3) is 0 Å². The summed E-state index contributed by atoms with van der Waals surface area (Å²) < 4.78 is 11.8. The summed E-state index contributed by atoms with van der Waals surface area (Å²) in [5.74, 6) is 1.70. The Balaban J connectivity index is 2.00. The summed E-state index contributed by atoms with van der Waals surface area (Å²) >= 11 is 3.58. The monoisotopic (exact) mass is 269 g/mol. The van der Waals surface area contributed by atoms with E-state index >= 15 is 0 Å². The van der Waals surface area contributed by atoms with Crippen LogP contribution in [0.4, 0.5) is 0 Å². The van der Waals surface area contributed by atoms with Gasteiger partial charge in [0.15, 0.2) is 11.5 Å². The lowest BCUT2D eigenvalue weighted by Crippen LogP contribution is -2.13.